The summed E-state index contributed by atoms with van der Waals surface area (Å²) in [5.41, 5.74) is 2.67. The summed E-state index contributed by atoms with van der Waals surface area (Å²) in [6, 6.07) is 8.60. The lowest BCUT2D eigenvalue weighted by Gasteiger charge is -1.97. The summed E-state index contributed by atoms with van der Waals surface area (Å²) in [7, 11) is 2.12. The molecule has 0 atom stereocenters. The van der Waals surface area contributed by atoms with E-state index in [4.69, 9.17) is 0 Å². The smallest absolute Gasteiger partial charge is 0.244 e. The molecule has 0 spiro atoms. The van der Waals surface area contributed by atoms with Crippen molar-refractivity contribution >= 4 is 11.0 Å². The minimum Gasteiger partial charge on any atom is -1.00 e. The number of halogens is 1. The zero-order chi connectivity index (χ0) is 11.4. The van der Waals surface area contributed by atoms with Gasteiger partial charge in [0.2, 0.25) is 6.33 Å². The molecule has 0 bridgehead atoms. The topological polar surface area (TPSA) is 8.81 Å². The molecule has 0 aliphatic rings. The van der Waals surface area contributed by atoms with E-state index in [0.29, 0.717) is 0 Å². The second-order valence-corrected chi connectivity index (χ2v) is 4.47. The van der Waals surface area contributed by atoms with Gasteiger partial charge < -0.3 is 17.0 Å². The van der Waals surface area contributed by atoms with Gasteiger partial charge in [-0.3, -0.25) is 0 Å². The van der Waals surface area contributed by atoms with Crippen LogP contribution in [0.15, 0.2) is 30.6 Å². The van der Waals surface area contributed by atoms with Gasteiger partial charge in [0.1, 0.15) is 0 Å². The van der Waals surface area contributed by atoms with Gasteiger partial charge in [0.25, 0.3) is 0 Å². The van der Waals surface area contributed by atoms with E-state index < -0.39 is 0 Å². The van der Waals surface area contributed by atoms with E-state index in [-0.39, 0.29) is 17.0 Å². The van der Waals surface area contributed by atoms with Crippen LogP contribution in [-0.2, 0) is 13.6 Å². The second-order valence-electron chi connectivity index (χ2n) is 4.47. The number of para-hydroxylation sites is 2. The summed E-state index contributed by atoms with van der Waals surface area (Å²) in [4.78, 5) is 0. The molecule has 1 aromatic heterocycles. The van der Waals surface area contributed by atoms with Crippen molar-refractivity contribution in [3.63, 3.8) is 0 Å². The third kappa shape index (κ3) is 3.32. The monoisotopic (exact) mass is 296 g/mol. The molecule has 17 heavy (non-hydrogen) atoms. The van der Waals surface area contributed by atoms with Gasteiger partial charge in [-0.05, 0) is 25.0 Å². The molecule has 0 N–H and O–H groups in total. The Morgan fingerprint density at radius 1 is 1.12 bits per heavy atom. The van der Waals surface area contributed by atoms with Gasteiger partial charge in [0.15, 0.2) is 11.0 Å². The van der Waals surface area contributed by atoms with Crippen LogP contribution in [0.2, 0.25) is 0 Å². The Kier molecular flexibility index (Phi) is 5.69. The van der Waals surface area contributed by atoms with Crippen molar-refractivity contribution in [2.75, 3.05) is 0 Å². The Bertz CT molecular complexity index is 462. The Balaban J connectivity index is 0.00000144. The number of hydrogen-bond donors (Lipinski definition) is 0. The Morgan fingerprint density at radius 3 is 2.65 bits per heavy atom. The van der Waals surface area contributed by atoms with Gasteiger partial charge in [-0.15, -0.1) is 0 Å². The average molecular weight is 297 g/mol. The highest BCUT2D eigenvalue weighted by Crippen LogP contribution is 2.11. The number of benzene rings is 1. The van der Waals surface area contributed by atoms with E-state index in [9.17, 15) is 0 Å². The first kappa shape index (κ1) is 14.2. The lowest BCUT2D eigenvalue weighted by Crippen LogP contribution is -3.00. The highest BCUT2D eigenvalue weighted by Gasteiger charge is 2.10. The summed E-state index contributed by atoms with van der Waals surface area (Å²) in [6.07, 6.45) is 7.49. The number of aromatic nitrogens is 2. The lowest BCUT2D eigenvalue weighted by atomic mass is 10.2. The molecule has 94 valence electrons. The molecular formula is C14H21BrN2. The van der Waals surface area contributed by atoms with E-state index in [2.05, 4.69) is 53.7 Å². The summed E-state index contributed by atoms with van der Waals surface area (Å²) < 4.78 is 4.57. The molecule has 0 aliphatic carbocycles. The normalized spacial score (nSPS) is 10.5. The Morgan fingerprint density at radius 2 is 1.88 bits per heavy atom. The lowest BCUT2D eigenvalue weighted by molar-refractivity contribution is -0.645. The SMILES string of the molecule is CCCCCCn1c[n+](C)c2ccccc21.[Br-]. The van der Waals surface area contributed by atoms with E-state index >= 15 is 0 Å². The van der Waals surface area contributed by atoms with Crippen LogP contribution in [0, 0.1) is 0 Å². The molecular weight excluding hydrogens is 276 g/mol. The number of fused-ring (bicyclic) bond motifs is 1. The maximum atomic E-state index is 2.37. The predicted molar refractivity (Wildman–Crippen MR) is 67.3 cm³/mol. The highest BCUT2D eigenvalue weighted by molar-refractivity contribution is 5.71. The molecule has 0 saturated heterocycles. The first-order valence-electron chi connectivity index (χ1n) is 6.26. The van der Waals surface area contributed by atoms with Crippen LogP contribution in [0.3, 0.4) is 0 Å². The van der Waals surface area contributed by atoms with Crippen molar-refractivity contribution < 1.29 is 21.5 Å². The van der Waals surface area contributed by atoms with Crippen molar-refractivity contribution in [2.24, 2.45) is 7.05 Å². The maximum Gasteiger partial charge on any atom is 0.244 e. The van der Waals surface area contributed by atoms with Crippen LogP contribution in [-0.4, -0.2) is 4.57 Å². The van der Waals surface area contributed by atoms with Crippen LogP contribution in [0.5, 0.6) is 0 Å². The van der Waals surface area contributed by atoms with Crippen molar-refractivity contribution in [1.29, 1.82) is 0 Å². The number of aryl methyl sites for hydroxylation is 2. The zero-order valence-corrected chi connectivity index (χ0v) is 12.3. The number of hydrogen-bond acceptors (Lipinski definition) is 0. The van der Waals surface area contributed by atoms with E-state index in [0.717, 1.165) is 6.54 Å². The standard InChI is InChI=1S/C14H21N2.BrH/c1-3-4-5-8-11-16-12-15(2)13-9-6-7-10-14(13)16;/h6-7,9-10,12H,3-5,8,11H2,1-2H3;1H/q+1;/p-1. The molecule has 0 saturated carbocycles. The molecule has 2 aromatic rings. The van der Waals surface area contributed by atoms with Crippen LogP contribution < -0.4 is 21.5 Å². The quantitative estimate of drug-likeness (QED) is 0.545. The molecule has 0 fully saturated rings. The fourth-order valence-corrected chi connectivity index (χ4v) is 2.23. The fraction of sp³-hybridized carbons (Fsp3) is 0.500. The van der Waals surface area contributed by atoms with Crippen molar-refractivity contribution in [1.82, 2.24) is 4.57 Å². The van der Waals surface area contributed by atoms with Crippen molar-refractivity contribution in [2.45, 2.75) is 39.2 Å². The van der Waals surface area contributed by atoms with Crippen LogP contribution in [0.1, 0.15) is 32.6 Å². The first-order valence-corrected chi connectivity index (χ1v) is 6.26. The van der Waals surface area contributed by atoms with Gasteiger partial charge in [0, 0.05) is 0 Å². The van der Waals surface area contributed by atoms with Gasteiger partial charge in [0.05, 0.1) is 13.6 Å². The second kappa shape index (κ2) is 6.80. The zero-order valence-electron chi connectivity index (χ0n) is 10.7. The van der Waals surface area contributed by atoms with E-state index in [1.54, 1.807) is 0 Å². The average Bonchev–Trinajstić information content (AvgIpc) is 2.63. The Labute approximate surface area is 114 Å². The number of unbranched alkanes of at least 4 members (excludes halogenated alkanes) is 3. The summed E-state index contributed by atoms with van der Waals surface area (Å²) in [5, 5.41) is 0. The van der Waals surface area contributed by atoms with Crippen molar-refractivity contribution in [3.05, 3.63) is 30.6 Å². The van der Waals surface area contributed by atoms with Crippen LogP contribution in [0.25, 0.3) is 11.0 Å². The molecule has 0 aliphatic heterocycles. The van der Waals surface area contributed by atoms with Crippen molar-refractivity contribution in [3.8, 4) is 0 Å². The molecule has 2 nitrogen and oxygen atoms in total. The minimum absolute atomic E-state index is 0. The number of nitrogens with zero attached hydrogens (tertiary/aromatic N) is 2. The van der Waals surface area contributed by atoms with Gasteiger partial charge in [-0.2, -0.15) is 0 Å². The molecule has 0 amide bonds. The van der Waals surface area contributed by atoms with Crippen LogP contribution >= 0.6 is 0 Å². The van der Waals surface area contributed by atoms with E-state index in [1.165, 1.54) is 36.7 Å². The minimum atomic E-state index is 0. The van der Waals surface area contributed by atoms with Gasteiger partial charge >= 0.3 is 0 Å². The third-order valence-corrected chi connectivity index (χ3v) is 3.14. The predicted octanol–water partition coefficient (Wildman–Crippen LogP) is 0.0501. The van der Waals surface area contributed by atoms with E-state index in [1.807, 2.05) is 0 Å². The number of rotatable bonds is 5. The van der Waals surface area contributed by atoms with Crippen LogP contribution in [0.4, 0.5) is 0 Å². The summed E-state index contributed by atoms with van der Waals surface area (Å²) >= 11 is 0. The molecule has 0 radical (unpaired) electrons. The summed E-state index contributed by atoms with van der Waals surface area (Å²) in [6.45, 7) is 3.40. The third-order valence-electron chi connectivity index (χ3n) is 3.14. The summed E-state index contributed by atoms with van der Waals surface area (Å²) in [5.74, 6) is 0. The molecule has 2 rings (SSSR count). The molecule has 3 heteroatoms. The maximum absolute atomic E-state index is 2.37. The molecule has 1 aromatic carbocycles. The molecule has 0 unspecified atom stereocenters. The largest absolute Gasteiger partial charge is 1.00 e. The fourth-order valence-electron chi connectivity index (χ4n) is 2.23. The molecule has 1 heterocycles. The van der Waals surface area contributed by atoms with Gasteiger partial charge in [-0.1, -0.05) is 31.9 Å². The van der Waals surface area contributed by atoms with Gasteiger partial charge in [-0.25, -0.2) is 9.13 Å². The highest BCUT2D eigenvalue weighted by atomic mass is 79.9. The first-order chi connectivity index (χ1) is 7.83. The Hall–Kier alpha value is -0.830. The number of imidazole rings is 1.